The Labute approximate surface area is 286 Å². The molecule has 0 radical (unpaired) electrons. The summed E-state index contributed by atoms with van der Waals surface area (Å²) in [5.74, 6) is 0.966. The summed E-state index contributed by atoms with van der Waals surface area (Å²) in [6, 6.07) is 62.1. The highest BCUT2D eigenvalue weighted by atomic mass is 15.2. The van der Waals surface area contributed by atoms with Crippen molar-refractivity contribution in [1.82, 2.24) is 9.55 Å². The molecule has 0 atom stereocenters. The van der Waals surface area contributed by atoms with Gasteiger partial charge in [-0.1, -0.05) is 146 Å². The second kappa shape index (κ2) is 10.7. The smallest absolute Gasteiger partial charge is 0.145 e. The van der Waals surface area contributed by atoms with Gasteiger partial charge in [-0.2, -0.15) is 0 Å². The largest absolute Gasteiger partial charge is 0.338 e. The Morgan fingerprint density at radius 3 is 1.86 bits per heavy atom. The molecule has 0 bridgehead atoms. The van der Waals surface area contributed by atoms with Crippen LogP contribution in [-0.2, 0) is 5.41 Å². The molecule has 3 heteroatoms. The van der Waals surface area contributed by atoms with Gasteiger partial charge in [0.15, 0.2) is 0 Å². The number of benzene rings is 7. The van der Waals surface area contributed by atoms with Gasteiger partial charge in [-0.05, 0) is 70.1 Å². The maximum Gasteiger partial charge on any atom is 0.145 e. The van der Waals surface area contributed by atoms with E-state index in [-0.39, 0.29) is 0 Å². The van der Waals surface area contributed by atoms with Crippen molar-refractivity contribution in [3.8, 4) is 39.3 Å². The number of rotatable bonds is 5. The van der Waals surface area contributed by atoms with E-state index in [1.165, 1.54) is 55.9 Å². The summed E-state index contributed by atoms with van der Waals surface area (Å²) in [4.78, 5) is 7.70. The molecular weight excluding hydrogens is 595 g/mol. The molecule has 1 aromatic heterocycles. The minimum atomic E-state index is -0.451. The fourth-order valence-electron chi connectivity index (χ4n) is 8.63. The van der Waals surface area contributed by atoms with Gasteiger partial charge in [0.2, 0.25) is 0 Å². The van der Waals surface area contributed by atoms with Gasteiger partial charge in [-0.15, -0.1) is 0 Å². The van der Waals surface area contributed by atoms with Crippen molar-refractivity contribution in [1.29, 1.82) is 0 Å². The number of anilines is 2. The quantitative estimate of drug-likeness (QED) is 0.189. The first-order valence-electron chi connectivity index (χ1n) is 17.1. The summed E-state index contributed by atoms with van der Waals surface area (Å²) in [5, 5.41) is 0. The Hall–Kier alpha value is -6.19. The minimum absolute atomic E-state index is 0.451. The van der Waals surface area contributed by atoms with Gasteiger partial charge < -0.3 is 4.90 Å². The fourth-order valence-corrected chi connectivity index (χ4v) is 8.63. The molecule has 3 nitrogen and oxygen atoms in total. The van der Waals surface area contributed by atoms with Crippen LogP contribution in [0.2, 0.25) is 0 Å². The molecule has 0 saturated heterocycles. The van der Waals surface area contributed by atoms with Crippen LogP contribution in [0.25, 0.3) is 50.4 Å². The van der Waals surface area contributed by atoms with Crippen LogP contribution in [0.1, 0.15) is 29.2 Å². The molecule has 1 aliphatic heterocycles. The molecule has 0 fully saturated rings. The first-order valence-corrected chi connectivity index (χ1v) is 17.1. The molecule has 1 aliphatic carbocycles. The number of nitrogens with zero attached hydrogens (tertiary/aromatic N) is 3. The highest BCUT2D eigenvalue weighted by Gasteiger charge is 2.46. The highest BCUT2D eigenvalue weighted by molar-refractivity contribution is 6.03. The molecule has 49 heavy (non-hydrogen) atoms. The monoisotopic (exact) mass is 627 g/mol. The van der Waals surface area contributed by atoms with E-state index >= 15 is 0 Å². The van der Waals surface area contributed by atoms with E-state index in [0.29, 0.717) is 0 Å². The zero-order chi connectivity index (χ0) is 32.5. The van der Waals surface area contributed by atoms with Crippen molar-refractivity contribution in [2.75, 3.05) is 11.4 Å². The third kappa shape index (κ3) is 3.81. The molecule has 2 heterocycles. The van der Waals surface area contributed by atoms with Gasteiger partial charge in [0, 0.05) is 17.7 Å². The normalized spacial score (nSPS) is 13.6. The lowest BCUT2D eigenvalue weighted by atomic mass is 9.67. The van der Waals surface area contributed by atoms with Gasteiger partial charge >= 0.3 is 0 Å². The lowest BCUT2D eigenvalue weighted by Gasteiger charge is -2.35. The predicted molar refractivity (Wildman–Crippen MR) is 202 cm³/mol. The first-order chi connectivity index (χ1) is 24.3. The molecule has 0 amide bonds. The zero-order valence-corrected chi connectivity index (χ0v) is 27.2. The second-order valence-corrected chi connectivity index (χ2v) is 13.0. The van der Waals surface area contributed by atoms with Crippen molar-refractivity contribution in [3.05, 3.63) is 192 Å². The van der Waals surface area contributed by atoms with Crippen molar-refractivity contribution >= 4 is 22.4 Å². The molecule has 0 saturated carbocycles. The summed E-state index contributed by atoms with van der Waals surface area (Å²) < 4.78 is 2.38. The Bertz CT molecular complexity index is 2490. The van der Waals surface area contributed by atoms with Crippen LogP contribution in [0.5, 0.6) is 0 Å². The van der Waals surface area contributed by atoms with E-state index in [4.69, 9.17) is 4.98 Å². The molecule has 10 rings (SSSR count). The van der Waals surface area contributed by atoms with Crippen LogP contribution in [0, 0.1) is 0 Å². The molecular formula is C46H33N3. The maximum atomic E-state index is 5.22. The van der Waals surface area contributed by atoms with Crippen molar-refractivity contribution in [3.63, 3.8) is 0 Å². The third-order valence-corrected chi connectivity index (χ3v) is 10.6. The van der Waals surface area contributed by atoms with Gasteiger partial charge in [-0.3, -0.25) is 4.57 Å². The van der Waals surface area contributed by atoms with Crippen LogP contribution in [0.3, 0.4) is 0 Å². The van der Waals surface area contributed by atoms with Crippen LogP contribution < -0.4 is 4.90 Å². The zero-order valence-electron chi connectivity index (χ0n) is 27.2. The number of fused-ring (bicyclic) bond motifs is 5. The van der Waals surface area contributed by atoms with Crippen LogP contribution in [0.4, 0.5) is 11.4 Å². The number of para-hydroxylation sites is 2. The van der Waals surface area contributed by atoms with Gasteiger partial charge in [0.1, 0.15) is 5.82 Å². The number of aromatic nitrogens is 2. The molecule has 7 aromatic carbocycles. The van der Waals surface area contributed by atoms with Crippen LogP contribution >= 0.6 is 0 Å². The van der Waals surface area contributed by atoms with E-state index in [1.54, 1.807) is 0 Å². The topological polar surface area (TPSA) is 21.1 Å². The predicted octanol–water partition coefficient (Wildman–Crippen LogP) is 11.2. The summed E-state index contributed by atoms with van der Waals surface area (Å²) in [6.07, 6.45) is 0. The second-order valence-electron chi connectivity index (χ2n) is 13.0. The Morgan fingerprint density at radius 1 is 0.510 bits per heavy atom. The average molecular weight is 628 g/mol. The Morgan fingerprint density at radius 2 is 1.12 bits per heavy atom. The molecule has 232 valence electrons. The molecule has 0 spiro atoms. The first kappa shape index (κ1) is 27.9. The van der Waals surface area contributed by atoms with E-state index in [1.807, 2.05) is 0 Å². The number of hydrogen-bond donors (Lipinski definition) is 0. The van der Waals surface area contributed by atoms with Gasteiger partial charge in [0.25, 0.3) is 0 Å². The van der Waals surface area contributed by atoms with Gasteiger partial charge in [0.05, 0.1) is 33.5 Å². The van der Waals surface area contributed by atoms with Gasteiger partial charge in [-0.25, -0.2) is 4.98 Å². The Kier molecular flexibility index (Phi) is 6.07. The molecule has 2 aliphatic rings. The van der Waals surface area contributed by atoms with Crippen molar-refractivity contribution < 1.29 is 0 Å². The van der Waals surface area contributed by atoms with E-state index < -0.39 is 5.41 Å². The summed E-state index contributed by atoms with van der Waals surface area (Å²) in [6.45, 7) is 3.09. The molecule has 0 unspecified atom stereocenters. The maximum absolute atomic E-state index is 5.22. The molecule has 0 N–H and O–H groups in total. The lowest BCUT2D eigenvalue weighted by Crippen LogP contribution is -2.28. The van der Waals surface area contributed by atoms with E-state index in [9.17, 15) is 0 Å². The van der Waals surface area contributed by atoms with Crippen molar-refractivity contribution in [2.24, 2.45) is 0 Å². The standard InChI is InChI=1S/C46H33N3/c1-2-48-41-26-15-25-40-44(41)49(45(47-40)31-16-6-3-7-17-31)42-27-14-23-35(43(42)48)32-28-29-37-36-22-12-13-24-38(36)46(39(37)30-32,33-18-8-4-9-19-33)34-20-10-5-11-21-34/h3-30H,2H2,1H3. The van der Waals surface area contributed by atoms with E-state index in [2.05, 4.69) is 186 Å². The van der Waals surface area contributed by atoms with Crippen molar-refractivity contribution in [2.45, 2.75) is 12.3 Å². The average Bonchev–Trinajstić information content (AvgIpc) is 3.71. The minimum Gasteiger partial charge on any atom is -0.338 e. The SMILES string of the molecule is CCN1c2c(-c3ccc4c(c3)C(c3ccccc3)(c3ccccc3)c3ccccc3-4)cccc2-n2c(-c3ccccc3)nc3cccc1c32. The van der Waals surface area contributed by atoms with Crippen LogP contribution in [0.15, 0.2) is 170 Å². The molecule has 8 aromatic rings. The number of hydrogen-bond acceptors (Lipinski definition) is 2. The highest BCUT2D eigenvalue weighted by Crippen LogP contribution is 2.57. The number of imidazole rings is 1. The lowest BCUT2D eigenvalue weighted by molar-refractivity contribution is 0.769. The third-order valence-electron chi connectivity index (χ3n) is 10.6. The Balaban J connectivity index is 1.26. The summed E-state index contributed by atoms with van der Waals surface area (Å²) in [7, 11) is 0. The van der Waals surface area contributed by atoms with Crippen LogP contribution in [-0.4, -0.2) is 16.1 Å². The summed E-state index contributed by atoms with van der Waals surface area (Å²) in [5.41, 5.74) is 16.6. The van der Waals surface area contributed by atoms with E-state index in [0.717, 1.165) is 34.7 Å². The summed E-state index contributed by atoms with van der Waals surface area (Å²) >= 11 is 0. The fraction of sp³-hybridized carbons (Fsp3) is 0.0652.